The molecule has 1 aliphatic rings. The molecule has 0 saturated carbocycles. The van der Waals surface area contributed by atoms with Crippen LogP contribution in [0.4, 0.5) is 11.4 Å². The van der Waals surface area contributed by atoms with Gasteiger partial charge in [0.2, 0.25) is 0 Å². The van der Waals surface area contributed by atoms with Crippen LogP contribution in [0, 0.1) is 0 Å². The van der Waals surface area contributed by atoms with Crippen LogP contribution in [0.15, 0.2) is 138 Å². The molecule has 0 bridgehead atoms. The van der Waals surface area contributed by atoms with Gasteiger partial charge in [0.25, 0.3) is 0 Å². The highest BCUT2D eigenvalue weighted by Crippen LogP contribution is 2.49. The fraction of sp³-hybridized carbons (Fsp3) is 0.0769. The van der Waals surface area contributed by atoms with E-state index >= 15 is 0 Å². The Balaban J connectivity index is 1.25. The standard InChI is InChI=1S/C39H29NO/c1-39(2)34-16-8-6-13-29(34)30-22-20-27(24-35(30)39)40-26-19-21-28(33(23-26)25-11-4-3-5-12-25)31-15-10-18-37-38(31)32-14-7-9-17-36(32)41-37/h3-24,40H,1-2H3. The van der Waals surface area contributed by atoms with Crippen LogP contribution in [0.3, 0.4) is 0 Å². The fourth-order valence-corrected chi connectivity index (χ4v) is 6.66. The minimum atomic E-state index is -0.0330. The Morgan fingerprint density at radius 2 is 1.15 bits per heavy atom. The van der Waals surface area contributed by atoms with Gasteiger partial charge in [0.15, 0.2) is 0 Å². The summed E-state index contributed by atoms with van der Waals surface area (Å²) in [6.07, 6.45) is 0. The first kappa shape index (κ1) is 23.8. The third-order valence-corrected chi connectivity index (χ3v) is 8.67. The molecule has 0 unspecified atom stereocenters. The Kier molecular flexibility index (Phi) is 5.20. The number of hydrogen-bond donors (Lipinski definition) is 1. The Hall–Kier alpha value is -5.08. The minimum absolute atomic E-state index is 0.0330. The van der Waals surface area contributed by atoms with Gasteiger partial charge in [-0.2, -0.15) is 0 Å². The maximum Gasteiger partial charge on any atom is 0.136 e. The molecule has 0 amide bonds. The van der Waals surface area contributed by atoms with E-state index in [0.717, 1.165) is 33.3 Å². The van der Waals surface area contributed by atoms with Crippen LogP contribution < -0.4 is 5.32 Å². The topological polar surface area (TPSA) is 25.2 Å². The second kappa shape index (κ2) is 8.97. The van der Waals surface area contributed by atoms with Crippen molar-refractivity contribution in [3.63, 3.8) is 0 Å². The molecule has 196 valence electrons. The molecule has 0 spiro atoms. The number of nitrogens with one attached hydrogen (secondary N) is 1. The van der Waals surface area contributed by atoms with E-state index in [2.05, 4.69) is 140 Å². The van der Waals surface area contributed by atoms with Gasteiger partial charge in [-0.3, -0.25) is 0 Å². The van der Waals surface area contributed by atoms with Crippen LogP contribution in [0.25, 0.3) is 55.3 Å². The molecule has 0 saturated heterocycles. The molecule has 7 aromatic rings. The number of anilines is 2. The van der Waals surface area contributed by atoms with Crippen molar-refractivity contribution in [2.24, 2.45) is 0 Å². The minimum Gasteiger partial charge on any atom is -0.456 e. The van der Waals surface area contributed by atoms with Crippen molar-refractivity contribution in [3.05, 3.63) is 145 Å². The van der Waals surface area contributed by atoms with Crippen molar-refractivity contribution in [1.82, 2.24) is 0 Å². The molecular formula is C39H29NO. The summed E-state index contributed by atoms with van der Waals surface area (Å²) in [5.74, 6) is 0. The predicted molar refractivity (Wildman–Crippen MR) is 172 cm³/mol. The van der Waals surface area contributed by atoms with Crippen LogP contribution in [0.1, 0.15) is 25.0 Å². The Bertz CT molecular complexity index is 2100. The highest BCUT2D eigenvalue weighted by molar-refractivity contribution is 6.13. The quantitative estimate of drug-likeness (QED) is 0.246. The first-order valence-corrected chi connectivity index (χ1v) is 14.2. The van der Waals surface area contributed by atoms with Crippen LogP contribution in [-0.4, -0.2) is 0 Å². The predicted octanol–water partition coefficient (Wildman–Crippen LogP) is 11.0. The van der Waals surface area contributed by atoms with E-state index < -0.39 is 0 Å². The smallest absolute Gasteiger partial charge is 0.136 e. The van der Waals surface area contributed by atoms with Crippen molar-refractivity contribution >= 4 is 33.3 Å². The summed E-state index contributed by atoms with van der Waals surface area (Å²) in [5, 5.41) is 6.02. The highest BCUT2D eigenvalue weighted by atomic mass is 16.3. The molecule has 1 aliphatic carbocycles. The van der Waals surface area contributed by atoms with Gasteiger partial charge in [-0.05, 0) is 80.9 Å². The average molecular weight is 528 g/mol. The number of fused-ring (bicyclic) bond motifs is 6. The zero-order valence-corrected chi connectivity index (χ0v) is 23.1. The Labute approximate surface area is 239 Å². The van der Waals surface area contributed by atoms with Crippen molar-refractivity contribution in [3.8, 4) is 33.4 Å². The van der Waals surface area contributed by atoms with E-state index in [0.29, 0.717) is 0 Å². The Morgan fingerprint density at radius 1 is 0.488 bits per heavy atom. The summed E-state index contributed by atoms with van der Waals surface area (Å²) >= 11 is 0. The zero-order valence-electron chi connectivity index (χ0n) is 23.1. The summed E-state index contributed by atoms with van der Waals surface area (Å²) in [7, 11) is 0. The summed E-state index contributed by atoms with van der Waals surface area (Å²) < 4.78 is 6.23. The van der Waals surface area contributed by atoms with E-state index in [1.54, 1.807) is 0 Å². The van der Waals surface area contributed by atoms with E-state index in [4.69, 9.17) is 4.42 Å². The van der Waals surface area contributed by atoms with Gasteiger partial charge in [-0.1, -0.05) is 111 Å². The molecule has 1 N–H and O–H groups in total. The highest BCUT2D eigenvalue weighted by Gasteiger charge is 2.35. The maximum atomic E-state index is 6.23. The monoisotopic (exact) mass is 527 g/mol. The molecule has 0 aliphatic heterocycles. The van der Waals surface area contributed by atoms with Gasteiger partial charge in [-0.25, -0.2) is 0 Å². The molecule has 1 heterocycles. The number of para-hydroxylation sites is 1. The van der Waals surface area contributed by atoms with E-state index in [1.165, 1.54) is 44.5 Å². The normalized spacial score (nSPS) is 13.3. The number of hydrogen-bond acceptors (Lipinski definition) is 2. The second-order valence-corrected chi connectivity index (χ2v) is 11.5. The molecule has 6 aromatic carbocycles. The van der Waals surface area contributed by atoms with Gasteiger partial charge in [-0.15, -0.1) is 0 Å². The van der Waals surface area contributed by atoms with Gasteiger partial charge in [0.1, 0.15) is 11.2 Å². The largest absolute Gasteiger partial charge is 0.456 e. The molecule has 2 nitrogen and oxygen atoms in total. The summed E-state index contributed by atoms with van der Waals surface area (Å²) in [6.45, 7) is 4.65. The van der Waals surface area contributed by atoms with Crippen LogP contribution in [-0.2, 0) is 5.41 Å². The molecule has 41 heavy (non-hydrogen) atoms. The zero-order chi connectivity index (χ0) is 27.6. The molecule has 1 aromatic heterocycles. The maximum absolute atomic E-state index is 6.23. The fourth-order valence-electron chi connectivity index (χ4n) is 6.66. The lowest BCUT2D eigenvalue weighted by Crippen LogP contribution is -2.15. The first-order chi connectivity index (χ1) is 20.1. The Morgan fingerprint density at radius 3 is 2.02 bits per heavy atom. The van der Waals surface area contributed by atoms with Gasteiger partial charge in [0.05, 0.1) is 0 Å². The lowest BCUT2D eigenvalue weighted by Gasteiger charge is -2.22. The average Bonchev–Trinajstić information content (AvgIpc) is 3.50. The summed E-state index contributed by atoms with van der Waals surface area (Å²) in [4.78, 5) is 0. The molecule has 0 radical (unpaired) electrons. The van der Waals surface area contributed by atoms with Crippen molar-refractivity contribution in [2.45, 2.75) is 19.3 Å². The van der Waals surface area contributed by atoms with E-state index in [1.807, 2.05) is 12.1 Å². The van der Waals surface area contributed by atoms with Crippen LogP contribution in [0.2, 0.25) is 0 Å². The van der Waals surface area contributed by atoms with E-state index in [9.17, 15) is 0 Å². The van der Waals surface area contributed by atoms with Crippen LogP contribution >= 0.6 is 0 Å². The summed E-state index contributed by atoms with van der Waals surface area (Å²) in [5.41, 5.74) is 14.1. The molecule has 0 atom stereocenters. The third-order valence-electron chi connectivity index (χ3n) is 8.67. The van der Waals surface area contributed by atoms with Crippen molar-refractivity contribution in [2.75, 3.05) is 5.32 Å². The lowest BCUT2D eigenvalue weighted by molar-refractivity contribution is 0.660. The van der Waals surface area contributed by atoms with E-state index in [-0.39, 0.29) is 5.41 Å². The van der Waals surface area contributed by atoms with Crippen LogP contribution in [0.5, 0.6) is 0 Å². The first-order valence-electron chi connectivity index (χ1n) is 14.2. The third kappa shape index (κ3) is 3.72. The molecule has 2 heteroatoms. The number of furan rings is 1. The number of benzene rings is 6. The number of rotatable bonds is 4. The molecular weight excluding hydrogens is 498 g/mol. The molecule has 8 rings (SSSR count). The SMILES string of the molecule is CC1(C)c2ccccc2-c2ccc(Nc3ccc(-c4cccc5oc6ccccc6c45)c(-c4ccccc4)c3)cc21. The molecule has 0 fully saturated rings. The summed E-state index contributed by atoms with van der Waals surface area (Å²) in [6, 6.07) is 47.6. The second-order valence-electron chi connectivity index (χ2n) is 11.5. The van der Waals surface area contributed by atoms with Gasteiger partial charge in [0, 0.05) is 27.6 Å². The van der Waals surface area contributed by atoms with Crippen molar-refractivity contribution < 1.29 is 4.42 Å². The van der Waals surface area contributed by atoms with Gasteiger partial charge >= 0.3 is 0 Å². The lowest BCUT2D eigenvalue weighted by atomic mass is 9.82. The van der Waals surface area contributed by atoms with Crippen molar-refractivity contribution in [1.29, 1.82) is 0 Å². The van der Waals surface area contributed by atoms with Gasteiger partial charge < -0.3 is 9.73 Å².